The Kier molecular flexibility index (Phi) is 3.77. The van der Waals surface area contributed by atoms with Gasteiger partial charge in [-0.1, -0.05) is 22.9 Å². The number of aromatic nitrogens is 1. The summed E-state index contributed by atoms with van der Waals surface area (Å²) in [4.78, 5) is 4.34. The third-order valence-electron chi connectivity index (χ3n) is 2.04. The van der Waals surface area contributed by atoms with Crippen LogP contribution < -0.4 is 4.74 Å². The highest BCUT2D eigenvalue weighted by molar-refractivity contribution is 7.13. The van der Waals surface area contributed by atoms with Gasteiger partial charge >= 0.3 is 0 Å². The van der Waals surface area contributed by atoms with Gasteiger partial charge in [0.15, 0.2) is 0 Å². The maximum atomic E-state index is 13.3. The first-order valence-electron chi connectivity index (χ1n) is 4.77. The van der Waals surface area contributed by atoms with Gasteiger partial charge in [0, 0.05) is 6.07 Å². The molecule has 18 heavy (non-hydrogen) atoms. The summed E-state index contributed by atoms with van der Waals surface area (Å²) < 4.78 is 18.6. The molecule has 7 heteroatoms. The molecule has 0 saturated heterocycles. The third kappa shape index (κ3) is 2.59. The summed E-state index contributed by atoms with van der Waals surface area (Å²) in [6.45, 7) is -0.235. The number of nitriles is 1. The van der Waals surface area contributed by atoms with E-state index in [0.717, 1.165) is 17.4 Å². The summed E-state index contributed by atoms with van der Waals surface area (Å²) in [6, 6.07) is 5.57. The topological polar surface area (TPSA) is 66.1 Å². The van der Waals surface area contributed by atoms with Crippen LogP contribution in [0, 0.1) is 17.1 Å². The predicted molar refractivity (Wildman–Crippen MR) is 64.2 cm³/mol. The number of thiazole rings is 1. The van der Waals surface area contributed by atoms with Crippen LogP contribution >= 0.6 is 22.9 Å². The lowest BCUT2D eigenvalue weighted by Gasteiger charge is -2.01. The lowest BCUT2D eigenvalue weighted by molar-refractivity contribution is 0.285. The minimum Gasteiger partial charge on any atom is -0.431 e. The van der Waals surface area contributed by atoms with Crippen LogP contribution in [0.2, 0.25) is 5.15 Å². The smallest absolute Gasteiger partial charge is 0.280 e. The quantitative estimate of drug-likeness (QED) is 0.940. The Morgan fingerprint density at radius 3 is 2.89 bits per heavy atom. The van der Waals surface area contributed by atoms with E-state index >= 15 is 0 Å². The zero-order valence-electron chi connectivity index (χ0n) is 8.85. The summed E-state index contributed by atoms with van der Waals surface area (Å²) in [5.74, 6) is -0.457. The number of rotatable bonds is 3. The molecule has 0 atom stereocenters. The largest absolute Gasteiger partial charge is 0.431 e. The molecular weight excluding hydrogens is 279 g/mol. The van der Waals surface area contributed by atoms with Gasteiger partial charge in [0.2, 0.25) is 0 Å². The van der Waals surface area contributed by atoms with Crippen molar-refractivity contribution in [3.63, 3.8) is 0 Å². The second-order valence-corrected chi connectivity index (χ2v) is 4.61. The molecule has 0 fully saturated rings. The van der Waals surface area contributed by atoms with Gasteiger partial charge < -0.3 is 9.84 Å². The molecule has 0 saturated carbocycles. The maximum Gasteiger partial charge on any atom is 0.280 e. The van der Waals surface area contributed by atoms with E-state index in [-0.39, 0.29) is 28.3 Å². The molecule has 0 unspecified atom stereocenters. The second kappa shape index (κ2) is 5.31. The number of benzene rings is 1. The molecule has 0 aliphatic heterocycles. The lowest BCUT2D eigenvalue weighted by atomic mass is 10.2. The number of aliphatic hydroxyl groups excluding tert-OH is 1. The van der Waals surface area contributed by atoms with E-state index in [1.165, 1.54) is 12.1 Å². The van der Waals surface area contributed by atoms with Gasteiger partial charge in [0.05, 0.1) is 17.0 Å². The molecule has 0 aliphatic rings. The number of ether oxygens (including phenoxy) is 1. The highest BCUT2D eigenvalue weighted by Crippen LogP contribution is 2.32. The third-order valence-corrected chi connectivity index (χ3v) is 3.38. The van der Waals surface area contributed by atoms with Gasteiger partial charge in [-0.3, -0.25) is 0 Å². The van der Waals surface area contributed by atoms with Crippen LogP contribution in [0.15, 0.2) is 18.2 Å². The highest BCUT2D eigenvalue weighted by Gasteiger charge is 2.11. The molecule has 0 radical (unpaired) electrons. The van der Waals surface area contributed by atoms with Gasteiger partial charge in [-0.2, -0.15) is 10.2 Å². The fourth-order valence-electron chi connectivity index (χ4n) is 1.20. The van der Waals surface area contributed by atoms with E-state index in [9.17, 15) is 4.39 Å². The Morgan fingerprint density at radius 2 is 2.33 bits per heavy atom. The van der Waals surface area contributed by atoms with Gasteiger partial charge in [-0.25, -0.2) is 4.39 Å². The molecule has 2 aromatic rings. The first-order chi connectivity index (χ1) is 8.63. The summed E-state index contributed by atoms with van der Waals surface area (Å²) in [5.41, 5.74) is -0.0597. The van der Waals surface area contributed by atoms with Crippen molar-refractivity contribution < 1.29 is 14.2 Å². The molecule has 0 aliphatic carbocycles. The first-order valence-corrected chi connectivity index (χ1v) is 5.97. The van der Waals surface area contributed by atoms with Crippen LogP contribution in [0.25, 0.3) is 0 Å². The average Bonchev–Trinajstić information content (AvgIpc) is 2.69. The standard InChI is InChI=1S/C11H6ClFN2O2S/c12-10-9(5-16)18-11(15-10)17-7-2-1-6(4-14)8(13)3-7/h1-3,16H,5H2. The van der Waals surface area contributed by atoms with E-state index in [1.54, 1.807) is 6.07 Å². The molecule has 92 valence electrons. The Morgan fingerprint density at radius 1 is 1.56 bits per heavy atom. The first kappa shape index (κ1) is 12.8. The van der Waals surface area contributed by atoms with Crippen LogP contribution in [-0.2, 0) is 6.61 Å². The Labute approximate surface area is 111 Å². The SMILES string of the molecule is N#Cc1ccc(Oc2nc(Cl)c(CO)s2)cc1F. The molecular formula is C11H6ClFN2O2S. The van der Waals surface area contributed by atoms with Gasteiger partial charge in [0.25, 0.3) is 5.19 Å². The molecule has 0 bridgehead atoms. The molecule has 4 nitrogen and oxygen atoms in total. The van der Waals surface area contributed by atoms with Crippen molar-refractivity contribution in [2.24, 2.45) is 0 Å². The van der Waals surface area contributed by atoms with E-state index in [0.29, 0.717) is 4.88 Å². The normalized spacial score (nSPS) is 10.1. The van der Waals surface area contributed by atoms with Gasteiger partial charge in [-0.15, -0.1) is 0 Å². The van der Waals surface area contributed by atoms with Crippen LogP contribution in [-0.4, -0.2) is 10.1 Å². The summed E-state index contributed by atoms with van der Waals surface area (Å²) in [6.07, 6.45) is 0. The number of aliphatic hydroxyl groups is 1. The van der Waals surface area contributed by atoms with Crippen molar-refractivity contribution in [1.82, 2.24) is 4.98 Å². The number of halogens is 2. The Bertz CT molecular complexity index is 624. The second-order valence-electron chi connectivity index (χ2n) is 3.21. The number of nitrogens with zero attached hydrogens (tertiary/aromatic N) is 2. The van der Waals surface area contributed by atoms with E-state index in [4.69, 9.17) is 26.7 Å². The van der Waals surface area contributed by atoms with E-state index in [2.05, 4.69) is 4.98 Å². The zero-order valence-corrected chi connectivity index (χ0v) is 10.4. The molecule has 0 amide bonds. The van der Waals surface area contributed by atoms with Crippen LogP contribution in [0.1, 0.15) is 10.4 Å². The molecule has 1 heterocycles. The highest BCUT2D eigenvalue weighted by atomic mass is 35.5. The molecule has 1 aromatic carbocycles. The van der Waals surface area contributed by atoms with Crippen molar-refractivity contribution in [2.45, 2.75) is 6.61 Å². The monoisotopic (exact) mass is 284 g/mol. The lowest BCUT2D eigenvalue weighted by Crippen LogP contribution is -1.87. The summed E-state index contributed by atoms with van der Waals surface area (Å²) in [7, 11) is 0. The van der Waals surface area contributed by atoms with Crippen LogP contribution in [0.3, 0.4) is 0 Å². The molecule has 1 aromatic heterocycles. The number of hydrogen-bond acceptors (Lipinski definition) is 5. The van der Waals surface area contributed by atoms with Crippen LogP contribution in [0.4, 0.5) is 4.39 Å². The Balaban J connectivity index is 2.23. The van der Waals surface area contributed by atoms with Crippen molar-refractivity contribution in [2.75, 3.05) is 0 Å². The predicted octanol–water partition coefficient (Wildman–Crippen LogP) is 3.09. The van der Waals surface area contributed by atoms with Gasteiger partial charge in [0.1, 0.15) is 22.8 Å². The average molecular weight is 285 g/mol. The summed E-state index contributed by atoms with van der Waals surface area (Å²) in [5, 5.41) is 17.9. The van der Waals surface area contributed by atoms with Crippen molar-refractivity contribution in [1.29, 1.82) is 5.26 Å². The number of hydrogen-bond donors (Lipinski definition) is 1. The van der Waals surface area contributed by atoms with Crippen LogP contribution in [0.5, 0.6) is 10.9 Å². The Hall–Kier alpha value is -1.68. The fraction of sp³-hybridized carbons (Fsp3) is 0.0909. The van der Waals surface area contributed by atoms with Gasteiger partial charge in [-0.05, 0) is 12.1 Å². The zero-order chi connectivity index (χ0) is 13.1. The minimum absolute atomic E-state index is 0.0597. The van der Waals surface area contributed by atoms with Crippen molar-refractivity contribution in [3.8, 4) is 17.0 Å². The molecule has 2 rings (SSSR count). The van der Waals surface area contributed by atoms with E-state index < -0.39 is 5.82 Å². The summed E-state index contributed by atoms with van der Waals surface area (Å²) >= 11 is 6.80. The van der Waals surface area contributed by atoms with E-state index in [1.807, 2.05) is 0 Å². The minimum atomic E-state index is -0.667. The molecule has 0 spiro atoms. The molecule has 1 N–H and O–H groups in total. The van der Waals surface area contributed by atoms with Crippen molar-refractivity contribution >= 4 is 22.9 Å². The van der Waals surface area contributed by atoms with Crippen molar-refractivity contribution in [3.05, 3.63) is 39.6 Å². The fourth-order valence-corrected chi connectivity index (χ4v) is 2.19. The maximum absolute atomic E-state index is 13.3.